The van der Waals surface area contributed by atoms with Crippen LogP contribution in [0.1, 0.15) is 13.8 Å². The van der Waals surface area contributed by atoms with Crippen LogP contribution in [-0.2, 0) is 0 Å². The fourth-order valence-corrected chi connectivity index (χ4v) is 1.08. The van der Waals surface area contributed by atoms with E-state index >= 15 is 0 Å². The van der Waals surface area contributed by atoms with E-state index in [2.05, 4.69) is 29.8 Å². The summed E-state index contributed by atoms with van der Waals surface area (Å²) < 4.78 is 0. The molecule has 0 atom stereocenters. The first-order valence-electron chi connectivity index (χ1n) is 3.94. The average Bonchev–Trinajstić information content (AvgIpc) is 2.09. The Morgan fingerprint density at radius 1 is 1.45 bits per heavy atom. The summed E-state index contributed by atoms with van der Waals surface area (Å²) in [5.74, 6) is 0. The van der Waals surface area contributed by atoms with Crippen molar-refractivity contribution in [1.29, 1.82) is 0 Å². The fraction of sp³-hybridized carbons (Fsp3) is 0.444. The largest absolute Gasteiger partial charge is 0.371 e. The molecular formula is C9H13N2. The van der Waals surface area contributed by atoms with Gasteiger partial charge in [0.1, 0.15) is 0 Å². The van der Waals surface area contributed by atoms with Gasteiger partial charge in [-0.3, -0.25) is 4.98 Å². The lowest BCUT2D eigenvalue weighted by Gasteiger charge is -2.19. The molecule has 0 amide bonds. The summed E-state index contributed by atoms with van der Waals surface area (Å²) >= 11 is 0. The van der Waals surface area contributed by atoms with E-state index in [-0.39, 0.29) is 0 Å². The van der Waals surface area contributed by atoms with Crippen LogP contribution in [0.4, 0.5) is 5.69 Å². The first kappa shape index (κ1) is 8.05. The Balaban J connectivity index is 2.74. The molecule has 0 fully saturated rings. The van der Waals surface area contributed by atoms with Gasteiger partial charge in [-0.15, -0.1) is 0 Å². The summed E-state index contributed by atoms with van der Waals surface area (Å²) in [5.41, 5.74) is 1.15. The van der Waals surface area contributed by atoms with E-state index in [1.807, 2.05) is 12.3 Å². The first-order valence-corrected chi connectivity index (χ1v) is 3.94. The van der Waals surface area contributed by atoms with Crippen molar-refractivity contribution in [2.75, 3.05) is 18.0 Å². The maximum absolute atomic E-state index is 4.00. The molecule has 11 heavy (non-hydrogen) atoms. The molecule has 1 heterocycles. The van der Waals surface area contributed by atoms with Crippen molar-refractivity contribution in [1.82, 2.24) is 4.98 Å². The molecule has 1 rings (SSSR count). The highest BCUT2D eigenvalue weighted by atomic mass is 15.1. The quantitative estimate of drug-likeness (QED) is 0.650. The number of rotatable bonds is 3. The van der Waals surface area contributed by atoms with Gasteiger partial charge in [0.05, 0.1) is 11.9 Å². The van der Waals surface area contributed by atoms with Crippen LogP contribution in [0, 0.1) is 6.07 Å². The molecule has 0 aliphatic carbocycles. The minimum absolute atomic E-state index is 1.02. The third kappa shape index (κ3) is 1.93. The van der Waals surface area contributed by atoms with Crippen molar-refractivity contribution in [3.05, 3.63) is 24.5 Å². The lowest BCUT2D eigenvalue weighted by molar-refractivity contribution is 0.862. The van der Waals surface area contributed by atoms with Crippen molar-refractivity contribution in [3.8, 4) is 0 Å². The maximum Gasteiger partial charge on any atom is 0.0558 e. The number of anilines is 1. The van der Waals surface area contributed by atoms with Crippen LogP contribution in [0.3, 0.4) is 0 Å². The Bertz CT molecular complexity index is 192. The van der Waals surface area contributed by atoms with Gasteiger partial charge >= 0.3 is 0 Å². The lowest BCUT2D eigenvalue weighted by atomic mass is 10.3. The second kappa shape index (κ2) is 3.96. The Kier molecular flexibility index (Phi) is 2.90. The molecule has 2 heteroatoms. The number of pyridine rings is 1. The van der Waals surface area contributed by atoms with Gasteiger partial charge in [-0.25, -0.2) is 0 Å². The molecule has 0 aliphatic heterocycles. The van der Waals surface area contributed by atoms with E-state index in [9.17, 15) is 0 Å². The Hall–Kier alpha value is -1.05. The summed E-state index contributed by atoms with van der Waals surface area (Å²) in [5, 5.41) is 0. The lowest BCUT2D eigenvalue weighted by Crippen LogP contribution is -2.21. The van der Waals surface area contributed by atoms with Crippen molar-refractivity contribution in [2.24, 2.45) is 0 Å². The fourth-order valence-electron chi connectivity index (χ4n) is 1.08. The third-order valence-electron chi connectivity index (χ3n) is 1.72. The zero-order valence-electron chi connectivity index (χ0n) is 7.04. The van der Waals surface area contributed by atoms with E-state index in [1.54, 1.807) is 6.20 Å². The van der Waals surface area contributed by atoms with Crippen LogP contribution < -0.4 is 4.90 Å². The van der Waals surface area contributed by atoms with Gasteiger partial charge < -0.3 is 4.90 Å². The van der Waals surface area contributed by atoms with Crippen molar-refractivity contribution >= 4 is 5.69 Å². The van der Waals surface area contributed by atoms with Crippen LogP contribution in [0.2, 0.25) is 0 Å². The van der Waals surface area contributed by atoms with Crippen LogP contribution in [-0.4, -0.2) is 18.1 Å². The summed E-state index contributed by atoms with van der Waals surface area (Å²) in [4.78, 5) is 6.24. The second-order valence-electron chi connectivity index (χ2n) is 2.32. The smallest absolute Gasteiger partial charge is 0.0558 e. The highest BCUT2D eigenvalue weighted by Gasteiger charge is 1.98. The predicted molar refractivity (Wildman–Crippen MR) is 46.6 cm³/mol. The topological polar surface area (TPSA) is 16.1 Å². The minimum Gasteiger partial charge on any atom is -0.371 e. The molecule has 0 bridgehead atoms. The van der Waals surface area contributed by atoms with Gasteiger partial charge in [0.2, 0.25) is 0 Å². The van der Waals surface area contributed by atoms with Gasteiger partial charge in [0.25, 0.3) is 0 Å². The number of aromatic nitrogens is 1. The monoisotopic (exact) mass is 149 g/mol. The van der Waals surface area contributed by atoms with Crippen molar-refractivity contribution in [3.63, 3.8) is 0 Å². The van der Waals surface area contributed by atoms with E-state index in [0.717, 1.165) is 18.8 Å². The summed E-state index contributed by atoms with van der Waals surface area (Å²) in [6, 6.07) is 4.92. The summed E-state index contributed by atoms with van der Waals surface area (Å²) in [6.07, 6.45) is 3.54. The molecule has 0 aromatic carbocycles. The van der Waals surface area contributed by atoms with Crippen molar-refractivity contribution < 1.29 is 0 Å². The molecule has 1 aromatic rings. The van der Waals surface area contributed by atoms with Crippen LogP contribution in [0.15, 0.2) is 18.5 Å². The summed E-state index contributed by atoms with van der Waals surface area (Å²) in [6.45, 7) is 6.32. The molecule has 1 aromatic heterocycles. The van der Waals surface area contributed by atoms with E-state index in [1.165, 1.54) is 0 Å². The highest BCUT2D eigenvalue weighted by molar-refractivity contribution is 5.42. The SMILES string of the molecule is CCN(CC)c1c[c]cnc1. The standard InChI is InChI=1S/C9H13N2/c1-3-11(4-2)9-6-5-7-10-8-9/h6-8H,3-4H2,1-2H3. The molecule has 1 radical (unpaired) electrons. The van der Waals surface area contributed by atoms with E-state index < -0.39 is 0 Å². The Morgan fingerprint density at radius 3 is 2.64 bits per heavy atom. The molecular weight excluding hydrogens is 136 g/mol. The Labute approximate surface area is 67.9 Å². The second-order valence-corrected chi connectivity index (χ2v) is 2.32. The molecule has 0 spiro atoms. The predicted octanol–water partition coefficient (Wildman–Crippen LogP) is 1.73. The molecule has 0 N–H and O–H groups in total. The molecule has 0 aliphatic rings. The van der Waals surface area contributed by atoms with Gasteiger partial charge in [-0.1, -0.05) is 0 Å². The third-order valence-corrected chi connectivity index (χ3v) is 1.72. The maximum atomic E-state index is 4.00. The van der Waals surface area contributed by atoms with Crippen LogP contribution in [0.5, 0.6) is 0 Å². The minimum atomic E-state index is 1.02. The summed E-state index contributed by atoms with van der Waals surface area (Å²) in [7, 11) is 0. The molecule has 0 saturated carbocycles. The molecule has 59 valence electrons. The van der Waals surface area contributed by atoms with E-state index in [0.29, 0.717) is 0 Å². The van der Waals surface area contributed by atoms with Crippen LogP contribution >= 0.6 is 0 Å². The molecule has 2 nitrogen and oxygen atoms in total. The zero-order valence-corrected chi connectivity index (χ0v) is 7.04. The average molecular weight is 149 g/mol. The highest BCUT2D eigenvalue weighted by Crippen LogP contribution is 2.09. The van der Waals surface area contributed by atoms with Gasteiger partial charge in [-0.2, -0.15) is 0 Å². The van der Waals surface area contributed by atoms with Gasteiger partial charge in [0.15, 0.2) is 0 Å². The number of hydrogen-bond donors (Lipinski definition) is 0. The molecule has 0 unspecified atom stereocenters. The van der Waals surface area contributed by atoms with Gasteiger partial charge in [-0.05, 0) is 19.9 Å². The Morgan fingerprint density at radius 2 is 2.18 bits per heavy atom. The molecule has 0 saturated heterocycles. The number of nitrogens with zero attached hydrogens (tertiary/aromatic N) is 2. The van der Waals surface area contributed by atoms with Crippen molar-refractivity contribution in [2.45, 2.75) is 13.8 Å². The number of hydrogen-bond acceptors (Lipinski definition) is 2. The zero-order chi connectivity index (χ0) is 8.10. The normalized spacial score (nSPS) is 9.64. The first-order chi connectivity index (χ1) is 5.38. The van der Waals surface area contributed by atoms with E-state index in [4.69, 9.17) is 0 Å². The van der Waals surface area contributed by atoms with Gasteiger partial charge in [0, 0.05) is 25.4 Å². The van der Waals surface area contributed by atoms with Crippen LogP contribution in [0.25, 0.3) is 0 Å².